The van der Waals surface area contributed by atoms with E-state index in [0.29, 0.717) is 18.7 Å². The van der Waals surface area contributed by atoms with E-state index < -0.39 is 12.1 Å². The van der Waals surface area contributed by atoms with E-state index >= 15 is 0 Å². The van der Waals surface area contributed by atoms with Crippen LogP contribution in [0.5, 0.6) is 0 Å². The maximum absolute atomic E-state index is 12.2. The van der Waals surface area contributed by atoms with Crippen molar-refractivity contribution in [1.29, 1.82) is 0 Å². The van der Waals surface area contributed by atoms with Crippen LogP contribution in [0.3, 0.4) is 0 Å². The number of aliphatic carboxylic acids is 1. The number of carboxylic acid groups (broad SMARTS) is 1. The van der Waals surface area contributed by atoms with Gasteiger partial charge in [0.1, 0.15) is 6.61 Å². The molecule has 0 unspecified atom stereocenters. The van der Waals surface area contributed by atoms with E-state index in [1.165, 1.54) is 22.9 Å². The fraction of sp³-hybridized carbons (Fsp3) is 0.400. The van der Waals surface area contributed by atoms with Gasteiger partial charge in [-0.3, -0.25) is 9.59 Å². The Bertz CT molecular complexity index is 935. The minimum absolute atomic E-state index is 0.0167. The van der Waals surface area contributed by atoms with E-state index in [2.05, 4.69) is 34.9 Å². The Morgan fingerprint density at radius 3 is 2.30 bits per heavy atom. The molecule has 2 amide bonds. The molecular formula is C25H30N2O5S. The molecule has 0 radical (unpaired) electrons. The summed E-state index contributed by atoms with van der Waals surface area (Å²) < 4.78 is 5.49. The van der Waals surface area contributed by atoms with Crippen LogP contribution in [-0.4, -0.2) is 53.8 Å². The summed E-state index contributed by atoms with van der Waals surface area (Å²) in [5.41, 5.74) is 4.69. The lowest BCUT2D eigenvalue weighted by molar-refractivity contribution is -0.137. The number of amides is 2. The lowest BCUT2D eigenvalue weighted by Gasteiger charge is -2.16. The van der Waals surface area contributed by atoms with Crippen molar-refractivity contribution in [1.82, 2.24) is 10.6 Å². The lowest BCUT2D eigenvalue weighted by atomic mass is 9.98. The van der Waals surface area contributed by atoms with Gasteiger partial charge >= 0.3 is 12.1 Å². The number of nitrogens with one attached hydrogen (secondary N) is 2. The highest BCUT2D eigenvalue weighted by Gasteiger charge is 2.28. The summed E-state index contributed by atoms with van der Waals surface area (Å²) in [6.07, 6.45) is 0.876. The zero-order valence-corrected chi connectivity index (χ0v) is 19.5. The molecule has 0 bridgehead atoms. The molecule has 1 aliphatic carbocycles. The van der Waals surface area contributed by atoms with Crippen molar-refractivity contribution in [2.75, 3.05) is 24.7 Å². The van der Waals surface area contributed by atoms with Gasteiger partial charge in [-0.2, -0.15) is 11.8 Å². The zero-order chi connectivity index (χ0) is 23.6. The van der Waals surface area contributed by atoms with Crippen molar-refractivity contribution in [3.63, 3.8) is 0 Å². The second kappa shape index (κ2) is 12.3. The Morgan fingerprint density at radius 1 is 1.06 bits per heavy atom. The summed E-state index contributed by atoms with van der Waals surface area (Å²) in [4.78, 5) is 35.1. The summed E-state index contributed by atoms with van der Waals surface area (Å²) in [7, 11) is 0. The molecule has 1 atom stereocenters. The monoisotopic (exact) mass is 470 g/mol. The van der Waals surface area contributed by atoms with E-state index in [9.17, 15) is 14.4 Å². The first-order valence-electron chi connectivity index (χ1n) is 11.2. The highest BCUT2D eigenvalue weighted by molar-refractivity contribution is 7.99. The van der Waals surface area contributed by atoms with Crippen LogP contribution in [0, 0.1) is 0 Å². The fourth-order valence-corrected chi connectivity index (χ4v) is 4.75. The standard InChI is InChI=1S/C25H30N2O5S/c1-2-7-17(14-24(29)30)27-23(28)16-33-13-12-26-25(31)32-15-22-20-10-5-3-8-18(20)19-9-4-6-11-21(19)22/h3-6,8-11,17,22H,2,7,12-16H2,1H3,(H,26,31)(H,27,28)(H,29,30)/t17-/m1/s1. The van der Waals surface area contributed by atoms with E-state index in [-0.39, 0.29) is 36.6 Å². The van der Waals surface area contributed by atoms with E-state index in [0.717, 1.165) is 17.5 Å². The molecule has 0 spiro atoms. The van der Waals surface area contributed by atoms with Gasteiger partial charge in [0.2, 0.25) is 5.91 Å². The first kappa shape index (κ1) is 24.6. The minimum atomic E-state index is -0.923. The highest BCUT2D eigenvalue weighted by atomic mass is 32.2. The Kier molecular flexibility index (Phi) is 9.18. The Balaban J connectivity index is 1.36. The Morgan fingerprint density at radius 2 is 1.70 bits per heavy atom. The van der Waals surface area contributed by atoms with Crippen molar-refractivity contribution in [2.45, 2.75) is 38.1 Å². The lowest BCUT2D eigenvalue weighted by Crippen LogP contribution is -2.37. The molecule has 0 saturated heterocycles. The summed E-state index contributed by atoms with van der Waals surface area (Å²) in [5, 5.41) is 14.4. The summed E-state index contributed by atoms with van der Waals surface area (Å²) in [6.45, 7) is 2.59. The van der Waals surface area contributed by atoms with Crippen LogP contribution < -0.4 is 10.6 Å². The molecule has 0 saturated carbocycles. The normalized spacial score (nSPS) is 13.0. The molecule has 2 aromatic rings. The summed E-state index contributed by atoms with van der Waals surface area (Å²) in [6, 6.07) is 16.0. The SMILES string of the molecule is CCC[C@H](CC(=O)O)NC(=O)CSCCNC(=O)OCC1c2ccccc2-c2ccccc21. The summed E-state index contributed by atoms with van der Waals surface area (Å²) in [5.74, 6) is -0.334. The molecule has 1 aliphatic rings. The first-order valence-corrected chi connectivity index (χ1v) is 12.3. The first-order chi connectivity index (χ1) is 16.0. The molecule has 33 heavy (non-hydrogen) atoms. The van der Waals surface area contributed by atoms with Crippen molar-refractivity contribution in [2.24, 2.45) is 0 Å². The third-order valence-electron chi connectivity index (χ3n) is 5.52. The molecule has 2 aromatic carbocycles. The molecule has 3 rings (SSSR count). The molecule has 176 valence electrons. The van der Waals surface area contributed by atoms with Gasteiger partial charge in [-0.25, -0.2) is 4.79 Å². The minimum Gasteiger partial charge on any atom is -0.481 e. The van der Waals surface area contributed by atoms with Gasteiger partial charge in [0.15, 0.2) is 0 Å². The van der Waals surface area contributed by atoms with E-state index in [1.807, 2.05) is 31.2 Å². The average Bonchev–Trinajstić information content (AvgIpc) is 3.11. The smallest absolute Gasteiger partial charge is 0.407 e. The predicted octanol–water partition coefficient (Wildman–Crippen LogP) is 4.02. The molecule has 0 aliphatic heterocycles. The topological polar surface area (TPSA) is 105 Å². The van der Waals surface area contributed by atoms with Crippen LogP contribution in [-0.2, 0) is 14.3 Å². The number of ether oxygens (including phenoxy) is 1. The van der Waals surface area contributed by atoms with Gasteiger partial charge < -0.3 is 20.5 Å². The van der Waals surface area contributed by atoms with Crippen LogP contribution in [0.15, 0.2) is 48.5 Å². The molecule has 7 nitrogen and oxygen atoms in total. The number of carbonyl (C=O) groups is 3. The molecule has 8 heteroatoms. The molecule has 0 heterocycles. The third-order valence-corrected chi connectivity index (χ3v) is 6.47. The predicted molar refractivity (Wildman–Crippen MR) is 129 cm³/mol. The van der Waals surface area contributed by atoms with Crippen LogP contribution in [0.25, 0.3) is 11.1 Å². The number of alkyl carbamates (subject to hydrolysis) is 1. The highest BCUT2D eigenvalue weighted by Crippen LogP contribution is 2.44. The van der Waals surface area contributed by atoms with Gasteiger partial charge in [0.05, 0.1) is 12.2 Å². The van der Waals surface area contributed by atoms with Gasteiger partial charge in [0.25, 0.3) is 0 Å². The van der Waals surface area contributed by atoms with E-state index in [1.54, 1.807) is 0 Å². The molecule has 3 N–H and O–H groups in total. The molecule has 0 aromatic heterocycles. The van der Waals surface area contributed by atoms with Gasteiger partial charge in [-0.15, -0.1) is 0 Å². The second-order valence-corrected chi connectivity index (χ2v) is 9.06. The third kappa shape index (κ3) is 6.99. The van der Waals surface area contributed by atoms with Gasteiger partial charge in [0, 0.05) is 24.3 Å². The quantitative estimate of drug-likeness (QED) is 0.405. The van der Waals surface area contributed by atoms with Crippen molar-refractivity contribution < 1.29 is 24.2 Å². The number of thioether (sulfide) groups is 1. The van der Waals surface area contributed by atoms with Crippen molar-refractivity contribution >= 4 is 29.7 Å². The van der Waals surface area contributed by atoms with Crippen molar-refractivity contribution in [3.05, 3.63) is 59.7 Å². The van der Waals surface area contributed by atoms with Crippen molar-refractivity contribution in [3.8, 4) is 11.1 Å². The zero-order valence-electron chi connectivity index (χ0n) is 18.7. The van der Waals surface area contributed by atoms with Crippen LogP contribution in [0.4, 0.5) is 4.79 Å². The fourth-order valence-electron chi connectivity index (χ4n) is 4.09. The maximum atomic E-state index is 12.2. The number of hydrogen-bond acceptors (Lipinski definition) is 5. The number of benzene rings is 2. The molecule has 0 fully saturated rings. The van der Waals surface area contributed by atoms with Gasteiger partial charge in [-0.1, -0.05) is 61.9 Å². The Labute approximate surface area is 198 Å². The van der Waals surface area contributed by atoms with Crippen LogP contribution >= 0.6 is 11.8 Å². The van der Waals surface area contributed by atoms with Crippen LogP contribution in [0.2, 0.25) is 0 Å². The number of hydrogen-bond donors (Lipinski definition) is 3. The largest absolute Gasteiger partial charge is 0.481 e. The maximum Gasteiger partial charge on any atom is 0.407 e. The van der Waals surface area contributed by atoms with E-state index in [4.69, 9.17) is 9.84 Å². The number of fused-ring (bicyclic) bond motifs is 3. The summed E-state index contributed by atoms with van der Waals surface area (Å²) >= 11 is 1.38. The van der Waals surface area contributed by atoms with Crippen LogP contribution in [0.1, 0.15) is 43.2 Å². The Hall–Kier alpha value is -3.00. The molecular weight excluding hydrogens is 440 g/mol. The van der Waals surface area contributed by atoms with Gasteiger partial charge in [-0.05, 0) is 28.7 Å². The number of rotatable bonds is 12. The average molecular weight is 471 g/mol. The number of carboxylic acids is 1. The number of carbonyl (C=O) groups excluding carboxylic acids is 2. The second-order valence-electron chi connectivity index (χ2n) is 7.96.